The summed E-state index contributed by atoms with van der Waals surface area (Å²) in [4.78, 5) is 19.8. The molecule has 0 unspecified atom stereocenters. The quantitative estimate of drug-likeness (QED) is 0.789. The molecule has 1 aromatic carbocycles. The van der Waals surface area contributed by atoms with Gasteiger partial charge in [-0.25, -0.2) is 9.97 Å². The fourth-order valence-electron chi connectivity index (χ4n) is 1.85. The second-order valence-electron chi connectivity index (χ2n) is 4.25. The number of hydrogen-bond acceptors (Lipinski definition) is 4. The van der Waals surface area contributed by atoms with Crippen molar-refractivity contribution >= 4 is 5.97 Å². The van der Waals surface area contributed by atoms with Crippen molar-refractivity contribution in [3.63, 3.8) is 0 Å². The van der Waals surface area contributed by atoms with Crippen molar-refractivity contribution < 1.29 is 9.53 Å². The normalized spacial score (nSPS) is 10.2. The van der Waals surface area contributed by atoms with Crippen LogP contribution in [0.25, 0.3) is 11.3 Å². The van der Waals surface area contributed by atoms with Gasteiger partial charge in [-0.1, -0.05) is 24.3 Å². The van der Waals surface area contributed by atoms with E-state index >= 15 is 0 Å². The number of benzene rings is 1. The molecule has 0 fully saturated rings. The van der Waals surface area contributed by atoms with E-state index in [0.29, 0.717) is 18.7 Å². The third kappa shape index (κ3) is 3.37. The predicted octanol–water partition coefficient (Wildman–Crippen LogP) is 2.56. The third-order valence-corrected chi connectivity index (χ3v) is 2.91. The van der Waals surface area contributed by atoms with Gasteiger partial charge in [0.05, 0.1) is 19.2 Å². The number of aromatic nitrogens is 2. The highest BCUT2D eigenvalue weighted by atomic mass is 16.5. The van der Waals surface area contributed by atoms with Crippen LogP contribution in [0, 0.1) is 6.92 Å². The fourth-order valence-corrected chi connectivity index (χ4v) is 1.85. The molecule has 0 saturated heterocycles. The van der Waals surface area contributed by atoms with E-state index in [0.717, 1.165) is 11.3 Å². The number of nitrogens with zero attached hydrogens (tertiary/aromatic N) is 2. The van der Waals surface area contributed by atoms with Gasteiger partial charge < -0.3 is 4.74 Å². The van der Waals surface area contributed by atoms with Gasteiger partial charge in [-0.15, -0.1) is 0 Å². The van der Waals surface area contributed by atoms with Crippen molar-refractivity contribution in [3.8, 4) is 11.3 Å². The average molecular weight is 256 g/mol. The first-order chi connectivity index (χ1) is 9.20. The minimum Gasteiger partial charge on any atom is -0.469 e. The smallest absolute Gasteiger partial charge is 0.305 e. The van der Waals surface area contributed by atoms with Crippen LogP contribution in [0.2, 0.25) is 0 Å². The Balaban J connectivity index is 2.20. The predicted molar refractivity (Wildman–Crippen MR) is 72.5 cm³/mol. The number of carbonyl (C=O) groups is 1. The maximum atomic E-state index is 11.1. The number of esters is 1. The van der Waals surface area contributed by atoms with Gasteiger partial charge in [0.1, 0.15) is 5.82 Å². The number of ether oxygens (including phenoxy) is 1. The maximum absolute atomic E-state index is 11.1. The molecule has 19 heavy (non-hydrogen) atoms. The van der Waals surface area contributed by atoms with Crippen molar-refractivity contribution in [1.29, 1.82) is 0 Å². The van der Waals surface area contributed by atoms with Gasteiger partial charge in [0.2, 0.25) is 0 Å². The van der Waals surface area contributed by atoms with Crippen LogP contribution in [0.3, 0.4) is 0 Å². The van der Waals surface area contributed by atoms with Crippen LogP contribution < -0.4 is 0 Å². The summed E-state index contributed by atoms with van der Waals surface area (Å²) in [6, 6.07) is 9.94. The Labute approximate surface area is 112 Å². The summed E-state index contributed by atoms with van der Waals surface area (Å²) < 4.78 is 4.61. The first kappa shape index (κ1) is 13.2. The van der Waals surface area contributed by atoms with Crippen LogP contribution >= 0.6 is 0 Å². The molecule has 0 N–H and O–H groups in total. The van der Waals surface area contributed by atoms with Crippen LogP contribution in [0.1, 0.15) is 17.8 Å². The van der Waals surface area contributed by atoms with E-state index in [4.69, 9.17) is 0 Å². The highest BCUT2D eigenvalue weighted by Gasteiger charge is 2.07. The monoisotopic (exact) mass is 256 g/mol. The molecule has 1 heterocycles. The Bertz CT molecular complexity index is 582. The minimum atomic E-state index is -0.245. The molecule has 0 atom stereocenters. The zero-order valence-electron chi connectivity index (χ0n) is 11.1. The summed E-state index contributed by atoms with van der Waals surface area (Å²) in [5.74, 6) is 0.413. The first-order valence-corrected chi connectivity index (χ1v) is 6.15. The van der Waals surface area contributed by atoms with E-state index < -0.39 is 0 Å². The average Bonchev–Trinajstić information content (AvgIpc) is 2.45. The number of hydrogen-bond donors (Lipinski definition) is 0. The third-order valence-electron chi connectivity index (χ3n) is 2.91. The molecule has 0 aliphatic carbocycles. The Hall–Kier alpha value is -2.23. The molecule has 98 valence electrons. The van der Waals surface area contributed by atoms with Gasteiger partial charge in [0.25, 0.3) is 0 Å². The van der Waals surface area contributed by atoms with Crippen LogP contribution in [0.15, 0.2) is 36.5 Å². The van der Waals surface area contributed by atoms with Crippen LogP contribution in [0.4, 0.5) is 0 Å². The molecule has 0 bridgehead atoms. The second-order valence-corrected chi connectivity index (χ2v) is 4.25. The lowest BCUT2D eigenvalue weighted by atomic mass is 10.1. The van der Waals surface area contributed by atoms with Gasteiger partial charge in [-0.3, -0.25) is 4.79 Å². The molecule has 2 rings (SSSR count). The van der Waals surface area contributed by atoms with Crippen LogP contribution in [-0.4, -0.2) is 23.0 Å². The van der Waals surface area contributed by atoms with E-state index in [1.807, 2.05) is 37.3 Å². The number of aryl methyl sites for hydroxylation is 2. The molecule has 4 nitrogen and oxygen atoms in total. The molecule has 0 saturated carbocycles. The van der Waals surface area contributed by atoms with Gasteiger partial charge in [-0.05, 0) is 18.6 Å². The van der Waals surface area contributed by atoms with Crippen molar-refractivity contribution in [2.75, 3.05) is 7.11 Å². The topological polar surface area (TPSA) is 52.1 Å². The molecular formula is C15H16N2O2. The fraction of sp³-hybridized carbons (Fsp3) is 0.267. The SMILES string of the molecule is COC(=O)CCc1nccc(-c2ccccc2C)n1. The Kier molecular flexibility index (Phi) is 4.23. The van der Waals surface area contributed by atoms with E-state index in [9.17, 15) is 4.79 Å². The zero-order chi connectivity index (χ0) is 13.7. The largest absolute Gasteiger partial charge is 0.469 e. The summed E-state index contributed by atoms with van der Waals surface area (Å²) in [5, 5.41) is 0. The molecule has 0 aliphatic heterocycles. The molecule has 0 aliphatic rings. The molecule has 1 aromatic heterocycles. The van der Waals surface area contributed by atoms with Gasteiger partial charge in [-0.2, -0.15) is 0 Å². The summed E-state index contributed by atoms with van der Waals surface area (Å²) in [6.07, 6.45) is 2.52. The Morgan fingerprint density at radius 2 is 2.05 bits per heavy atom. The summed E-state index contributed by atoms with van der Waals surface area (Å²) in [7, 11) is 1.38. The number of methoxy groups -OCH3 is 1. The van der Waals surface area contributed by atoms with Gasteiger partial charge >= 0.3 is 5.97 Å². The summed E-state index contributed by atoms with van der Waals surface area (Å²) in [5.41, 5.74) is 3.14. The zero-order valence-corrected chi connectivity index (χ0v) is 11.1. The van der Waals surface area contributed by atoms with Gasteiger partial charge in [0.15, 0.2) is 0 Å². The number of carbonyl (C=O) groups excluding carboxylic acids is 1. The lowest BCUT2D eigenvalue weighted by Crippen LogP contribution is -2.04. The molecule has 0 radical (unpaired) electrons. The summed E-state index contributed by atoms with van der Waals surface area (Å²) >= 11 is 0. The highest BCUT2D eigenvalue weighted by molar-refractivity contribution is 5.69. The van der Waals surface area contributed by atoms with Gasteiger partial charge in [0, 0.05) is 18.2 Å². The van der Waals surface area contributed by atoms with E-state index in [1.165, 1.54) is 12.7 Å². The summed E-state index contributed by atoms with van der Waals surface area (Å²) in [6.45, 7) is 2.05. The Morgan fingerprint density at radius 3 is 2.79 bits per heavy atom. The standard InChI is InChI=1S/C15H16N2O2/c1-11-5-3-4-6-12(11)13-9-10-16-14(17-13)7-8-15(18)19-2/h3-6,9-10H,7-8H2,1-2H3. The minimum absolute atomic E-state index is 0.245. The lowest BCUT2D eigenvalue weighted by Gasteiger charge is -2.06. The van der Waals surface area contributed by atoms with Crippen molar-refractivity contribution in [2.24, 2.45) is 0 Å². The highest BCUT2D eigenvalue weighted by Crippen LogP contribution is 2.20. The molecule has 4 heteroatoms. The second kappa shape index (κ2) is 6.09. The van der Waals surface area contributed by atoms with Crippen molar-refractivity contribution in [3.05, 3.63) is 47.9 Å². The number of rotatable bonds is 4. The molecule has 0 amide bonds. The van der Waals surface area contributed by atoms with Crippen molar-refractivity contribution in [1.82, 2.24) is 9.97 Å². The Morgan fingerprint density at radius 1 is 1.26 bits per heavy atom. The van der Waals surface area contributed by atoms with Crippen LogP contribution in [-0.2, 0) is 16.0 Å². The van der Waals surface area contributed by atoms with E-state index in [2.05, 4.69) is 14.7 Å². The van der Waals surface area contributed by atoms with Crippen molar-refractivity contribution in [2.45, 2.75) is 19.8 Å². The van der Waals surface area contributed by atoms with Crippen LogP contribution in [0.5, 0.6) is 0 Å². The first-order valence-electron chi connectivity index (χ1n) is 6.15. The molecule has 2 aromatic rings. The van der Waals surface area contributed by atoms with E-state index in [-0.39, 0.29) is 5.97 Å². The van der Waals surface area contributed by atoms with E-state index in [1.54, 1.807) is 6.20 Å². The lowest BCUT2D eigenvalue weighted by molar-refractivity contribution is -0.140. The molecule has 0 spiro atoms. The maximum Gasteiger partial charge on any atom is 0.305 e. The molecular weight excluding hydrogens is 240 g/mol.